The van der Waals surface area contributed by atoms with Gasteiger partial charge >= 0.3 is 0 Å². The van der Waals surface area contributed by atoms with Gasteiger partial charge in [-0.15, -0.1) is 0 Å². The van der Waals surface area contributed by atoms with Crippen molar-refractivity contribution in [1.29, 1.82) is 0 Å². The van der Waals surface area contributed by atoms with Crippen molar-refractivity contribution in [2.24, 2.45) is 5.73 Å². The quantitative estimate of drug-likeness (QED) is 0.827. The monoisotopic (exact) mass is 344 g/mol. The second kappa shape index (κ2) is 6.77. The molecule has 2 nitrogen and oxygen atoms in total. The molecule has 19 heavy (non-hydrogen) atoms. The van der Waals surface area contributed by atoms with Gasteiger partial charge in [-0.1, -0.05) is 31.1 Å². The van der Waals surface area contributed by atoms with Gasteiger partial charge in [0.2, 0.25) is 0 Å². The Morgan fingerprint density at radius 2 is 2.11 bits per heavy atom. The first kappa shape index (κ1) is 14.9. The van der Waals surface area contributed by atoms with E-state index >= 15 is 0 Å². The van der Waals surface area contributed by atoms with Crippen LogP contribution in [-0.2, 0) is 6.54 Å². The van der Waals surface area contributed by atoms with Gasteiger partial charge in [0.15, 0.2) is 0 Å². The maximum atomic E-state index is 13.2. The van der Waals surface area contributed by atoms with E-state index in [9.17, 15) is 4.39 Å². The van der Waals surface area contributed by atoms with Gasteiger partial charge < -0.3 is 5.73 Å². The van der Waals surface area contributed by atoms with Crippen LogP contribution in [0.4, 0.5) is 4.39 Å². The molecule has 104 valence electrons. The van der Waals surface area contributed by atoms with E-state index in [0.29, 0.717) is 22.0 Å². The third kappa shape index (κ3) is 4.23. The van der Waals surface area contributed by atoms with E-state index in [1.54, 1.807) is 0 Å². The van der Waals surface area contributed by atoms with Crippen LogP contribution in [0.2, 0.25) is 0 Å². The van der Waals surface area contributed by atoms with E-state index in [1.807, 2.05) is 12.1 Å². The van der Waals surface area contributed by atoms with Crippen LogP contribution in [0.15, 0.2) is 22.7 Å². The molecule has 0 saturated heterocycles. The smallest absolute Gasteiger partial charge is 0.137 e. The molecule has 1 aliphatic carbocycles. The number of hydrogen-bond acceptors (Lipinski definition) is 2. The Balaban J connectivity index is 2.09. The molecular formula is C14H18BrFN2S. The Kier molecular flexibility index (Phi) is 5.30. The van der Waals surface area contributed by atoms with E-state index in [1.165, 1.54) is 31.7 Å². The molecule has 0 heterocycles. The lowest BCUT2D eigenvalue weighted by molar-refractivity contribution is 0.218. The van der Waals surface area contributed by atoms with Crippen LogP contribution in [0.25, 0.3) is 0 Å². The van der Waals surface area contributed by atoms with Crippen LogP contribution >= 0.6 is 28.1 Å². The molecule has 2 N–H and O–H groups in total. The summed E-state index contributed by atoms with van der Waals surface area (Å²) in [5.41, 5.74) is 6.77. The van der Waals surface area contributed by atoms with E-state index in [-0.39, 0.29) is 5.82 Å². The maximum absolute atomic E-state index is 13.2. The number of hydrogen-bond donors (Lipinski definition) is 1. The highest BCUT2D eigenvalue weighted by Crippen LogP contribution is 2.25. The average Bonchev–Trinajstić information content (AvgIpc) is 2.86. The Bertz CT molecular complexity index is 461. The SMILES string of the molecule is NC(=S)CN(Cc1ccc(F)c(Br)c1)C1CCCC1. The highest BCUT2D eigenvalue weighted by Gasteiger charge is 2.23. The summed E-state index contributed by atoms with van der Waals surface area (Å²) in [6, 6.07) is 5.69. The first-order valence-electron chi connectivity index (χ1n) is 6.52. The molecule has 2 rings (SSSR count). The van der Waals surface area contributed by atoms with Crippen molar-refractivity contribution in [1.82, 2.24) is 4.90 Å². The van der Waals surface area contributed by atoms with E-state index < -0.39 is 0 Å². The highest BCUT2D eigenvalue weighted by molar-refractivity contribution is 9.10. The van der Waals surface area contributed by atoms with Gasteiger partial charge in [0.25, 0.3) is 0 Å². The van der Waals surface area contributed by atoms with E-state index in [4.69, 9.17) is 18.0 Å². The van der Waals surface area contributed by atoms with Gasteiger partial charge in [-0.3, -0.25) is 4.90 Å². The number of benzene rings is 1. The summed E-state index contributed by atoms with van der Waals surface area (Å²) in [7, 11) is 0. The average molecular weight is 345 g/mol. The minimum Gasteiger partial charge on any atom is -0.392 e. The summed E-state index contributed by atoms with van der Waals surface area (Å²) in [4.78, 5) is 2.84. The van der Waals surface area contributed by atoms with Crippen molar-refractivity contribution in [3.05, 3.63) is 34.1 Å². The zero-order valence-electron chi connectivity index (χ0n) is 10.7. The molecular weight excluding hydrogens is 327 g/mol. The summed E-state index contributed by atoms with van der Waals surface area (Å²) in [6.07, 6.45) is 4.94. The molecule has 0 amide bonds. The molecule has 0 radical (unpaired) electrons. The second-order valence-corrected chi connectivity index (χ2v) is 6.44. The van der Waals surface area contributed by atoms with Crippen molar-refractivity contribution >= 4 is 33.1 Å². The van der Waals surface area contributed by atoms with Gasteiger partial charge in [0.1, 0.15) is 5.82 Å². The normalized spacial score (nSPS) is 16.2. The number of thiocarbonyl (C=S) groups is 1. The first-order valence-corrected chi connectivity index (χ1v) is 7.72. The second-order valence-electron chi connectivity index (χ2n) is 5.06. The van der Waals surface area contributed by atoms with Gasteiger partial charge in [0, 0.05) is 19.1 Å². The van der Waals surface area contributed by atoms with Gasteiger partial charge in [-0.05, 0) is 46.5 Å². The molecule has 0 aliphatic heterocycles. The zero-order chi connectivity index (χ0) is 13.8. The summed E-state index contributed by atoms with van der Waals surface area (Å²) in [5, 5.41) is 0. The molecule has 1 fully saturated rings. The summed E-state index contributed by atoms with van der Waals surface area (Å²) in [5.74, 6) is -0.231. The fourth-order valence-electron chi connectivity index (χ4n) is 2.66. The molecule has 1 saturated carbocycles. The van der Waals surface area contributed by atoms with E-state index in [0.717, 1.165) is 12.1 Å². The molecule has 0 atom stereocenters. The van der Waals surface area contributed by atoms with Gasteiger partial charge in [0.05, 0.1) is 9.46 Å². The highest BCUT2D eigenvalue weighted by atomic mass is 79.9. The summed E-state index contributed by atoms with van der Waals surface area (Å²) < 4.78 is 13.8. The van der Waals surface area contributed by atoms with Crippen LogP contribution in [0.1, 0.15) is 31.2 Å². The fraction of sp³-hybridized carbons (Fsp3) is 0.500. The summed E-state index contributed by atoms with van der Waals surface area (Å²) >= 11 is 8.26. The largest absolute Gasteiger partial charge is 0.392 e. The molecule has 0 aromatic heterocycles. The molecule has 1 aromatic rings. The zero-order valence-corrected chi connectivity index (χ0v) is 13.1. The predicted octanol–water partition coefficient (Wildman–Crippen LogP) is 3.62. The van der Waals surface area contributed by atoms with Crippen molar-refractivity contribution in [2.45, 2.75) is 38.3 Å². The van der Waals surface area contributed by atoms with Crippen molar-refractivity contribution < 1.29 is 4.39 Å². The number of nitrogens with two attached hydrogens (primary N) is 1. The van der Waals surface area contributed by atoms with Crippen molar-refractivity contribution in [2.75, 3.05) is 6.54 Å². The number of nitrogens with zero attached hydrogens (tertiary/aromatic N) is 1. The Hall–Kier alpha value is -0.520. The topological polar surface area (TPSA) is 29.3 Å². The van der Waals surface area contributed by atoms with Gasteiger partial charge in [-0.2, -0.15) is 0 Å². The number of rotatable bonds is 5. The Morgan fingerprint density at radius 1 is 1.42 bits per heavy atom. The molecule has 1 aromatic carbocycles. The molecule has 1 aliphatic rings. The Labute approximate surface area is 127 Å². The third-order valence-electron chi connectivity index (χ3n) is 3.57. The van der Waals surface area contributed by atoms with Gasteiger partial charge in [-0.25, -0.2) is 4.39 Å². The minimum atomic E-state index is -0.231. The molecule has 0 unspecified atom stereocenters. The minimum absolute atomic E-state index is 0.231. The standard InChI is InChI=1S/C14H18BrFN2S/c15-12-7-10(5-6-13(12)16)8-18(9-14(17)19)11-3-1-2-4-11/h5-7,11H,1-4,8-9H2,(H2,17,19). The summed E-state index contributed by atoms with van der Waals surface area (Å²) in [6.45, 7) is 1.40. The van der Waals surface area contributed by atoms with Crippen molar-refractivity contribution in [3.8, 4) is 0 Å². The molecule has 0 spiro atoms. The molecule has 5 heteroatoms. The Morgan fingerprint density at radius 3 is 2.68 bits per heavy atom. The molecule has 0 bridgehead atoms. The predicted molar refractivity (Wildman–Crippen MR) is 83.6 cm³/mol. The number of halogens is 2. The van der Waals surface area contributed by atoms with E-state index in [2.05, 4.69) is 20.8 Å². The van der Waals surface area contributed by atoms with Crippen LogP contribution in [0.5, 0.6) is 0 Å². The third-order valence-corrected chi connectivity index (χ3v) is 4.31. The lowest BCUT2D eigenvalue weighted by Crippen LogP contribution is -2.38. The first-order chi connectivity index (χ1) is 9.06. The van der Waals surface area contributed by atoms with Crippen LogP contribution < -0.4 is 5.73 Å². The van der Waals surface area contributed by atoms with Crippen molar-refractivity contribution in [3.63, 3.8) is 0 Å². The van der Waals surface area contributed by atoms with Crippen LogP contribution in [-0.4, -0.2) is 22.5 Å². The van der Waals surface area contributed by atoms with Crippen LogP contribution in [0.3, 0.4) is 0 Å². The maximum Gasteiger partial charge on any atom is 0.137 e. The lowest BCUT2D eigenvalue weighted by Gasteiger charge is -2.28. The fourth-order valence-corrected chi connectivity index (χ4v) is 3.25. The van der Waals surface area contributed by atoms with Crippen LogP contribution in [0, 0.1) is 5.82 Å². The lowest BCUT2D eigenvalue weighted by atomic mass is 10.1.